The standard InChI is InChI=1S/C19H32N4O.HI/c1-4-5-6-9-13-21-19(20-2)22-16-12-14-23(15-16)17-10-7-8-11-18(17)24-3;/h7-8,10-11,16H,4-6,9,12-15H2,1-3H3,(H2,20,21,22);1H. The molecule has 0 spiro atoms. The predicted octanol–water partition coefficient (Wildman–Crippen LogP) is 3.64. The zero-order valence-corrected chi connectivity index (χ0v) is 18.1. The molecule has 1 aliphatic rings. The van der Waals surface area contributed by atoms with Crippen LogP contribution in [-0.4, -0.2) is 45.8 Å². The maximum Gasteiger partial charge on any atom is 0.191 e. The van der Waals surface area contributed by atoms with Crippen molar-refractivity contribution in [2.24, 2.45) is 4.99 Å². The Morgan fingerprint density at radius 3 is 2.80 bits per heavy atom. The summed E-state index contributed by atoms with van der Waals surface area (Å²) in [6.07, 6.45) is 6.17. The first-order valence-corrected chi connectivity index (χ1v) is 9.13. The summed E-state index contributed by atoms with van der Waals surface area (Å²) in [6.45, 7) is 5.23. The van der Waals surface area contributed by atoms with Crippen molar-refractivity contribution >= 4 is 35.6 Å². The van der Waals surface area contributed by atoms with Crippen molar-refractivity contribution in [1.82, 2.24) is 10.6 Å². The van der Waals surface area contributed by atoms with Gasteiger partial charge in [-0.2, -0.15) is 0 Å². The molecule has 1 aromatic carbocycles. The Labute approximate surface area is 169 Å². The van der Waals surface area contributed by atoms with Crippen molar-refractivity contribution in [3.63, 3.8) is 0 Å². The van der Waals surface area contributed by atoms with Gasteiger partial charge in [-0.05, 0) is 25.0 Å². The molecule has 6 heteroatoms. The molecule has 0 aliphatic carbocycles. The zero-order chi connectivity index (χ0) is 17.2. The molecule has 25 heavy (non-hydrogen) atoms. The third kappa shape index (κ3) is 6.92. The summed E-state index contributed by atoms with van der Waals surface area (Å²) >= 11 is 0. The number of para-hydroxylation sites is 2. The molecule has 142 valence electrons. The van der Waals surface area contributed by atoms with Gasteiger partial charge in [0.1, 0.15) is 5.75 Å². The van der Waals surface area contributed by atoms with Crippen molar-refractivity contribution in [3.8, 4) is 5.75 Å². The lowest BCUT2D eigenvalue weighted by molar-refractivity contribution is 0.415. The molecule has 1 atom stereocenters. The van der Waals surface area contributed by atoms with E-state index < -0.39 is 0 Å². The second-order valence-electron chi connectivity index (χ2n) is 6.31. The molecular weight excluding hydrogens is 427 g/mol. The molecule has 1 aromatic rings. The van der Waals surface area contributed by atoms with Gasteiger partial charge in [0, 0.05) is 32.7 Å². The number of guanidine groups is 1. The molecule has 0 bridgehead atoms. The Morgan fingerprint density at radius 1 is 1.28 bits per heavy atom. The fourth-order valence-corrected chi connectivity index (χ4v) is 3.13. The molecule has 1 aliphatic heterocycles. The molecule has 1 unspecified atom stereocenters. The minimum Gasteiger partial charge on any atom is -0.495 e. The van der Waals surface area contributed by atoms with Crippen LogP contribution in [0.1, 0.15) is 39.0 Å². The maximum atomic E-state index is 5.48. The van der Waals surface area contributed by atoms with E-state index in [1.807, 2.05) is 19.2 Å². The van der Waals surface area contributed by atoms with Gasteiger partial charge in [-0.25, -0.2) is 0 Å². The highest BCUT2D eigenvalue weighted by atomic mass is 127. The number of benzene rings is 1. The van der Waals surface area contributed by atoms with Crippen LogP contribution < -0.4 is 20.3 Å². The summed E-state index contributed by atoms with van der Waals surface area (Å²) in [5, 5.41) is 6.98. The first-order chi connectivity index (χ1) is 11.8. The number of hydrogen-bond donors (Lipinski definition) is 2. The predicted molar refractivity (Wildman–Crippen MR) is 118 cm³/mol. The molecule has 2 rings (SSSR count). The third-order valence-electron chi connectivity index (χ3n) is 4.50. The van der Waals surface area contributed by atoms with Crippen LogP contribution in [0.5, 0.6) is 5.75 Å². The van der Waals surface area contributed by atoms with Crippen molar-refractivity contribution in [3.05, 3.63) is 24.3 Å². The largest absolute Gasteiger partial charge is 0.495 e. The van der Waals surface area contributed by atoms with Crippen molar-refractivity contribution < 1.29 is 4.74 Å². The van der Waals surface area contributed by atoms with Crippen LogP contribution in [0.2, 0.25) is 0 Å². The van der Waals surface area contributed by atoms with Crippen molar-refractivity contribution in [1.29, 1.82) is 0 Å². The van der Waals surface area contributed by atoms with E-state index in [9.17, 15) is 0 Å². The molecule has 0 radical (unpaired) electrons. The monoisotopic (exact) mass is 460 g/mol. The number of halogens is 1. The number of methoxy groups -OCH3 is 1. The second kappa shape index (κ2) is 12.2. The summed E-state index contributed by atoms with van der Waals surface area (Å²) in [5.74, 6) is 1.86. The molecule has 0 saturated carbocycles. The molecule has 1 saturated heterocycles. The van der Waals surface area contributed by atoms with Crippen LogP contribution in [0.3, 0.4) is 0 Å². The van der Waals surface area contributed by atoms with Gasteiger partial charge in [-0.15, -0.1) is 24.0 Å². The number of unbranched alkanes of at least 4 members (excludes halogenated alkanes) is 3. The Morgan fingerprint density at radius 2 is 2.08 bits per heavy atom. The van der Waals surface area contributed by atoms with Crippen molar-refractivity contribution in [2.45, 2.75) is 45.1 Å². The zero-order valence-electron chi connectivity index (χ0n) is 15.8. The average Bonchev–Trinajstić information content (AvgIpc) is 3.08. The minimum absolute atomic E-state index is 0. The van der Waals surface area contributed by atoms with Gasteiger partial charge in [0.25, 0.3) is 0 Å². The van der Waals surface area contributed by atoms with E-state index in [1.54, 1.807) is 7.11 Å². The lowest BCUT2D eigenvalue weighted by Gasteiger charge is -2.22. The number of hydrogen-bond acceptors (Lipinski definition) is 3. The number of anilines is 1. The topological polar surface area (TPSA) is 48.9 Å². The summed E-state index contributed by atoms with van der Waals surface area (Å²) in [6, 6.07) is 8.64. The number of ether oxygens (including phenoxy) is 1. The Balaban J connectivity index is 0.00000312. The molecule has 0 amide bonds. The van der Waals surface area contributed by atoms with Gasteiger partial charge in [-0.3, -0.25) is 4.99 Å². The fraction of sp³-hybridized carbons (Fsp3) is 0.632. The maximum absolute atomic E-state index is 5.48. The third-order valence-corrected chi connectivity index (χ3v) is 4.50. The molecule has 1 fully saturated rings. The summed E-state index contributed by atoms with van der Waals surface area (Å²) < 4.78 is 5.48. The Hall–Kier alpha value is -1.18. The highest BCUT2D eigenvalue weighted by Crippen LogP contribution is 2.30. The van der Waals surface area contributed by atoms with Gasteiger partial charge in [0.15, 0.2) is 5.96 Å². The molecule has 5 nitrogen and oxygen atoms in total. The summed E-state index contributed by atoms with van der Waals surface area (Å²) in [7, 11) is 3.57. The van der Waals surface area contributed by atoms with E-state index >= 15 is 0 Å². The normalized spacial score (nSPS) is 17.2. The van der Waals surface area contributed by atoms with Gasteiger partial charge in [0.05, 0.1) is 12.8 Å². The van der Waals surface area contributed by atoms with E-state index in [0.29, 0.717) is 6.04 Å². The van der Waals surface area contributed by atoms with E-state index in [1.165, 1.54) is 31.4 Å². The van der Waals surface area contributed by atoms with E-state index in [-0.39, 0.29) is 24.0 Å². The van der Waals surface area contributed by atoms with E-state index in [2.05, 4.69) is 39.6 Å². The van der Waals surface area contributed by atoms with E-state index in [4.69, 9.17) is 4.74 Å². The Bertz CT molecular complexity index is 524. The molecular formula is C19H33IN4O. The van der Waals surface area contributed by atoms with Crippen molar-refractivity contribution in [2.75, 3.05) is 38.7 Å². The lowest BCUT2D eigenvalue weighted by atomic mass is 10.2. The second-order valence-corrected chi connectivity index (χ2v) is 6.31. The molecule has 0 aromatic heterocycles. The molecule has 2 N–H and O–H groups in total. The van der Waals surface area contributed by atoms with Crippen LogP contribution in [-0.2, 0) is 0 Å². The van der Waals surface area contributed by atoms with Crippen LogP contribution >= 0.6 is 24.0 Å². The van der Waals surface area contributed by atoms with Gasteiger partial charge < -0.3 is 20.3 Å². The van der Waals surface area contributed by atoms with Gasteiger partial charge >= 0.3 is 0 Å². The number of nitrogens with zero attached hydrogens (tertiary/aromatic N) is 2. The van der Waals surface area contributed by atoms with Gasteiger partial charge in [0.2, 0.25) is 0 Å². The highest BCUT2D eigenvalue weighted by Gasteiger charge is 2.25. The first-order valence-electron chi connectivity index (χ1n) is 9.13. The minimum atomic E-state index is 0. The summed E-state index contributed by atoms with van der Waals surface area (Å²) in [5.41, 5.74) is 1.17. The number of aliphatic imine (C=N–C) groups is 1. The number of rotatable bonds is 8. The smallest absolute Gasteiger partial charge is 0.191 e. The molecule has 1 heterocycles. The first kappa shape index (κ1) is 21.9. The van der Waals surface area contributed by atoms with Crippen LogP contribution in [0.4, 0.5) is 5.69 Å². The van der Waals surface area contributed by atoms with Gasteiger partial charge in [-0.1, -0.05) is 38.3 Å². The van der Waals surface area contributed by atoms with Crippen LogP contribution in [0, 0.1) is 0 Å². The average molecular weight is 460 g/mol. The highest BCUT2D eigenvalue weighted by molar-refractivity contribution is 14.0. The van der Waals surface area contributed by atoms with E-state index in [0.717, 1.165) is 37.8 Å². The summed E-state index contributed by atoms with van der Waals surface area (Å²) in [4.78, 5) is 6.73. The SMILES string of the molecule is CCCCCCNC(=NC)NC1CCN(c2ccccc2OC)C1.I. The van der Waals surface area contributed by atoms with Crippen LogP contribution in [0.15, 0.2) is 29.3 Å². The number of nitrogens with one attached hydrogen (secondary N) is 2. The Kier molecular flexibility index (Phi) is 10.7. The lowest BCUT2D eigenvalue weighted by Crippen LogP contribution is -2.44. The quantitative estimate of drug-likeness (QED) is 0.269. The fourth-order valence-electron chi connectivity index (χ4n) is 3.13. The van der Waals surface area contributed by atoms with Crippen LogP contribution in [0.25, 0.3) is 0 Å².